The number of rotatable bonds is 3. The molecule has 0 aliphatic heterocycles. The number of phenols is 3. The van der Waals surface area contributed by atoms with E-state index in [0.29, 0.717) is 12.1 Å². The lowest BCUT2D eigenvalue weighted by atomic mass is 10.2. The lowest BCUT2D eigenvalue weighted by Gasteiger charge is -2.07. The summed E-state index contributed by atoms with van der Waals surface area (Å²) in [5, 5.41) is 27.5. The first-order valence-electron chi connectivity index (χ1n) is 3.79. The van der Waals surface area contributed by atoms with Crippen LogP contribution in [0.25, 0.3) is 0 Å². The normalized spacial score (nSPS) is 10.2. The third-order valence-corrected chi connectivity index (χ3v) is 1.67. The van der Waals surface area contributed by atoms with E-state index in [1.165, 1.54) is 12.1 Å². The molecule has 0 amide bonds. The molecule has 0 fully saturated rings. The van der Waals surface area contributed by atoms with Crippen molar-refractivity contribution in [2.45, 2.75) is 6.54 Å². The topological polar surface area (TPSA) is 84.8 Å². The Bertz CT molecular complexity index is 302. The highest BCUT2D eigenvalue weighted by Gasteiger charge is 2.09. The average molecular weight is 184 g/mol. The SMILES string of the molecule is CNNCc1ccc(O)c(O)c1O. The van der Waals surface area contributed by atoms with Crippen molar-refractivity contribution in [1.82, 2.24) is 10.9 Å². The highest BCUT2D eigenvalue weighted by molar-refractivity contribution is 5.52. The number of aromatic hydroxyl groups is 3. The fourth-order valence-electron chi connectivity index (χ4n) is 0.937. The van der Waals surface area contributed by atoms with Crippen LogP contribution in [0.3, 0.4) is 0 Å². The van der Waals surface area contributed by atoms with Crippen LogP contribution in [-0.2, 0) is 6.54 Å². The average Bonchev–Trinajstić information content (AvgIpc) is 2.13. The second-order valence-electron chi connectivity index (χ2n) is 2.54. The molecule has 1 aromatic carbocycles. The molecule has 0 saturated carbocycles. The Hall–Kier alpha value is -1.46. The number of nitrogens with one attached hydrogen (secondary N) is 2. The monoisotopic (exact) mass is 184 g/mol. The van der Waals surface area contributed by atoms with Crippen molar-refractivity contribution >= 4 is 0 Å². The minimum Gasteiger partial charge on any atom is -0.504 e. The summed E-state index contributed by atoms with van der Waals surface area (Å²) in [5.74, 6) is -1.12. The van der Waals surface area contributed by atoms with Crippen LogP contribution >= 0.6 is 0 Å². The summed E-state index contributed by atoms with van der Waals surface area (Å²) in [6, 6.07) is 2.84. The Balaban J connectivity index is 2.90. The highest BCUT2D eigenvalue weighted by atomic mass is 16.3. The maximum Gasteiger partial charge on any atom is 0.200 e. The van der Waals surface area contributed by atoms with Crippen molar-refractivity contribution in [3.63, 3.8) is 0 Å². The fraction of sp³-hybridized carbons (Fsp3) is 0.250. The summed E-state index contributed by atoms with van der Waals surface area (Å²) in [6.07, 6.45) is 0. The summed E-state index contributed by atoms with van der Waals surface area (Å²) in [4.78, 5) is 0. The highest BCUT2D eigenvalue weighted by Crippen LogP contribution is 2.36. The van der Waals surface area contributed by atoms with Crippen LogP contribution in [0.1, 0.15) is 5.56 Å². The van der Waals surface area contributed by atoms with Gasteiger partial charge in [-0.05, 0) is 13.1 Å². The third-order valence-electron chi connectivity index (χ3n) is 1.67. The maximum absolute atomic E-state index is 9.33. The smallest absolute Gasteiger partial charge is 0.200 e. The summed E-state index contributed by atoms with van der Waals surface area (Å²) < 4.78 is 0. The second-order valence-corrected chi connectivity index (χ2v) is 2.54. The predicted octanol–water partition coefficient (Wildman–Crippen LogP) is 0.0274. The van der Waals surface area contributed by atoms with Crippen molar-refractivity contribution in [1.29, 1.82) is 0 Å². The van der Waals surface area contributed by atoms with Crippen molar-refractivity contribution < 1.29 is 15.3 Å². The molecule has 5 heteroatoms. The summed E-state index contributed by atoms with van der Waals surface area (Å²) in [7, 11) is 1.69. The Morgan fingerprint density at radius 3 is 2.46 bits per heavy atom. The number of hydrazine groups is 1. The zero-order valence-electron chi connectivity index (χ0n) is 7.20. The Morgan fingerprint density at radius 1 is 1.15 bits per heavy atom. The van der Waals surface area contributed by atoms with E-state index in [1.807, 2.05) is 0 Å². The zero-order chi connectivity index (χ0) is 9.84. The molecule has 0 unspecified atom stereocenters. The van der Waals surface area contributed by atoms with Crippen LogP contribution in [0, 0.1) is 0 Å². The maximum atomic E-state index is 9.33. The van der Waals surface area contributed by atoms with Crippen molar-refractivity contribution in [2.24, 2.45) is 0 Å². The molecule has 13 heavy (non-hydrogen) atoms. The fourth-order valence-corrected chi connectivity index (χ4v) is 0.937. The molecule has 0 spiro atoms. The van der Waals surface area contributed by atoms with E-state index in [9.17, 15) is 5.11 Å². The predicted molar refractivity (Wildman–Crippen MR) is 47.3 cm³/mol. The van der Waals surface area contributed by atoms with Crippen molar-refractivity contribution in [3.05, 3.63) is 17.7 Å². The largest absolute Gasteiger partial charge is 0.504 e. The van der Waals surface area contributed by atoms with Gasteiger partial charge >= 0.3 is 0 Å². The molecule has 0 heterocycles. The van der Waals surface area contributed by atoms with Crippen LogP contribution in [0.15, 0.2) is 12.1 Å². The van der Waals surface area contributed by atoms with Gasteiger partial charge in [0.1, 0.15) is 0 Å². The van der Waals surface area contributed by atoms with Gasteiger partial charge in [-0.25, -0.2) is 0 Å². The van der Waals surface area contributed by atoms with Gasteiger partial charge < -0.3 is 15.3 Å². The van der Waals surface area contributed by atoms with Gasteiger partial charge in [-0.15, -0.1) is 0 Å². The van der Waals surface area contributed by atoms with Gasteiger partial charge in [-0.3, -0.25) is 10.9 Å². The van der Waals surface area contributed by atoms with Crippen LogP contribution in [0.2, 0.25) is 0 Å². The van der Waals surface area contributed by atoms with Crippen LogP contribution in [-0.4, -0.2) is 22.4 Å². The van der Waals surface area contributed by atoms with E-state index in [-0.39, 0.29) is 11.5 Å². The Kier molecular flexibility index (Phi) is 2.94. The Labute approximate surface area is 75.6 Å². The van der Waals surface area contributed by atoms with E-state index in [0.717, 1.165) is 0 Å². The molecule has 0 atom stereocenters. The van der Waals surface area contributed by atoms with E-state index >= 15 is 0 Å². The summed E-state index contributed by atoms with van der Waals surface area (Å²) >= 11 is 0. The van der Waals surface area contributed by atoms with E-state index in [4.69, 9.17) is 10.2 Å². The number of hydrogen-bond acceptors (Lipinski definition) is 5. The molecule has 5 nitrogen and oxygen atoms in total. The lowest BCUT2D eigenvalue weighted by molar-refractivity contribution is 0.363. The number of phenolic OH excluding ortho intramolecular Hbond substituents is 3. The van der Waals surface area contributed by atoms with Gasteiger partial charge in [0.2, 0.25) is 5.75 Å². The third kappa shape index (κ3) is 2.01. The first-order chi connectivity index (χ1) is 6.16. The van der Waals surface area contributed by atoms with Gasteiger partial charge in [0.05, 0.1) is 0 Å². The van der Waals surface area contributed by atoms with E-state index in [1.54, 1.807) is 7.05 Å². The molecule has 1 rings (SSSR count). The minimum absolute atomic E-state index is 0.303. The molecular weight excluding hydrogens is 172 g/mol. The molecule has 72 valence electrons. The number of benzene rings is 1. The van der Waals surface area contributed by atoms with Crippen molar-refractivity contribution in [2.75, 3.05) is 7.05 Å². The van der Waals surface area contributed by atoms with Gasteiger partial charge in [0, 0.05) is 12.1 Å². The van der Waals surface area contributed by atoms with Crippen LogP contribution in [0.5, 0.6) is 17.2 Å². The zero-order valence-corrected chi connectivity index (χ0v) is 7.20. The summed E-state index contributed by atoms with van der Waals surface area (Å²) in [5.41, 5.74) is 5.93. The standard InChI is InChI=1S/C8H12N2O3/c1-9-10-4-5-2-3-6(11)8(13)7(5)12/h2-3,9-13H,4H2,1H3. The lowest BCUT2D eigenvalue weighted by Crippen LogP contribution is -2.26. The molecule has 0 bridgehead atoms. The molecular formula is C8H12N2O3. The quantitative estimate of drug-likeness (QED) is 0.338. The Morgan fingerprint density at radius 2 is 1.85 bits per heavy atom. The van der Waals surface area contributed by atoms with Gasteiger partial charge in [-0.1, -0.05) is 6.07 Å². The second kappa shape index (κ2) is 3.97. The van der Waals surface area contributed by atoms with Gasteiger partial charge in [0.25, 0.3) is 0 Å². The molecule has 0 aromatic heterocycles. The van der Waals surface area contributed by atoms with Crippen LogP contribution in [0.4, 0.5) is 0 Å². The molecule has 0 aliphatic rings. The molecule has 0 aliphatic carbocycles. The minimum atomic E-state index is -0.490. The molecule has 1 aromatic rings. The molecule has 0 saturated heterocycles. The van der Waals surface area contributed by atoms with Gasteiger partial charge in [-0.2, -0.15) is 0 Å². The van der Waals surface area contributed by atoms with E-state index < -0.39 is 5.75 Å². The first kappa shape index (κ1) is 9.63. The molecule has 0 radical (unpaired) electrons. The van der Waals surface area contributed by atoms with Crippen molar-refractivity contribution in [3.8, 4) is 17.2 Å². The van der Waals surface area contributed by atoms with Crippen LogP contribution < -0.4 is 10.9 Å². The van der Waals surface area contributed by atoms with E-state index in [2.05, 4.69) is 10.9 Å². The summed E-state index contributed by atoms with van der Waals surface area (Å²) in [6.45, 7) is 0.357. The van der Waals surface area contributed by atoms with Gasteiger partial charge in [0.15, 0.2) is 11.5 Å². The number of hydrogen-bond donors (Lipinski definition) is 5. The molecule has 5 N–H and O–H groups in total. The first-order valence-corrected chi connectivity index (χ1v) is 3.79.